The summed E-state index contributed by atoms with van der Waals surface area (Å²) < 4.78 is 0. The van der Waals surface area contributed by atoms with Crippen LogP contribution in [0.1, 0.15) is 172 Å². The summed E-state index contributed by atoms with van der Waals surface area (Å²) in [6.07, 6.45) is 19.2. The Bertz CT molecular complexity index is 1550. The predicted molar refractivity (Wildman–Crippen MR) is 250 cm³/mol. The summed E-state index contributed by atoms with van der Waals surface area (Å²) in [5.74, 6) is 3.84. The molecule has 55 heavy (non-hydrogen) atoms. The second kappa shape index (κ2) is 26.7. The second-order valence-electron chi connectivity index (χ2n) is 16.3. The Balaban J connectivity index is 0.000000335. The summed E-state index contributed by atoms with van der Waals surface area (Å²) in [4.78, 5) is 0. The van der Waals surface area contributed by atoms with Crippen molar-refractivity contribution in [2.75, 3.05) is 0 Å². The topological polar surface area (TPSA) is 0 Å². The Labute approximate surface area is 342 Å². The number of aryl methyl sites for hydroxylation is 6. The molecular weight excluding hydrogens is 661 g/mol. The molecule has 0 amide bonds. The molecule has 2 fully saturated rings. The third kappa shape index (κ3) is 16.1. The number of hydrogen-bond donors (Lipinski definition) is 0. The molecule has 0 spiro atoms. The van der Waals surface area contributed by atoms with E-state index in [0.717, 1.165) is 23.7 Å². The number of rotatable bonds is 10. The van der Waals surface area contributed by atoms with Crippen LogP contribution in [0.4, 0.5) is 0 Å². The SMILES string of the molecule is CC.CC.CC.CCCc1ccc(-c2ccc(CCC3CCC(C)CC3)cc2)cc1C.Cc1cc(-c2ccc(CCC3CCC(C)CC3)cc2)cc(C)c1C. The van der Waals surface area contributed by atoms with Crippen LogP contribution in [-0.4, -0.2) is 0 Å². The Kier molecular flexibility index (Phi) is 23.3. The normalized spacial score (nSPS) is 18.9. The molecule has 4 aromatic carbocycles. The highest BCUT2D eigenvalue weighted by atomic mass is 14.2. The van der Waals surface area contributed by atoms with Crippen molar-refractivity contribution in [3.05, 3.63) is 118 Å². The second-order valence-corrected chi connectivity index (χ2v) is 16.3. The fourth-order valence-electron chi connectivity index (χ4n) is 8.33. The van der Waals surface area contributed by atoms with Crippen molar-refractivity contribution in [3.8, 4) is 22.3 Å². The largest absolute Gasteiger partial charge is 0.0683 e. The van der Waals surface area contributed by atoms with Gasteiger partial charge in [-0.25, -0.2) is 0 Å². The van der Waals surface area contributed by atoms with Crippen LogP contribution < -0.4 is 0 Å². The molecule has 2 aliphatic rings. The van der Waals surface area contributed by atoms with Crippen molar-refractivity contribution < 1.29 is 0 Å². The smallest absolute Gasteiger partial charge is 0.0179 e. The Morgan fingerprint density at radius 2 is 0.782 bits per heavy atom. The van der Waals surface area contributed by atoms with Gasteiger partial charge in [0, 0.05) is 0 Å². The minimum Gasteiger partial charge on any atom is -0.0683 e. The van der Waals surface area contributed by atoms with E-state index >= 15 is 0 Å². The molecule has 6 rings (SSSR count). The van der Waals surface area contributed by atoms with Gasteiger partial charge >= 0.3 is 0 Å². The Morgan fingerprint density at radius 1 is 0.418 bits per heavy atom. The van der Waals surface area contributed by atoms with E-state index in [0.29, 0.717) is 0 Å². The van der Waals surface area contributed by atoms with Crippen LogP contribution in [0.15, 0.2) is 78.9 Å². The predicted octanol–water partition coefficient (Wildman–Crippen LogP) is 17.5. The molecular formula is C55H84. The van der Waals surface area contributed by atoms with Gasteiger partial charge < -0.3 is 0 Å². The average Bonchev–Trinajstić information content (AvgIpc) is 3.23. The van der Waals surface area contributed by atoms with E-state index in [1.807, 2.05) is 41.5 Å². The van der Waals surface area contributed by atoms with Crippen molar-refractivity contribution in [1.29, 1.82) is 0 Å². The molecule has 0 bridgehead atoms. The van der Waals surface area contributed by atoms with Gasteiger partial charge in [-0.1, -0.05) is 199 Å². The molecule has 4 aromatic rings. The Morgan fingerprint density at radius 3 is 1.16 bits per heavy atom. The van der Waals surface area contributed by atoms with E-state index < -0.39 is 0 Å². The third-order valence-electron chi connectivity index (χ3n) is 12.3. The fourth-order valence-corrected chi connectivity index (χ4v) is 8.33. The number of hydrogen-bond acceptors (Lipinski definition) is 0. The molecule has 0 nitrogen and oxygen atoms in total. The summed E-state index contributed by atoms with van der Waals surface area (Å²) in [7, 11) is 0. The monoisotopic (exact) mass is 745 g/mol. The van der Waals surface area contributed by atoms with Gasteiger partial charge in [-0.05, 0) is 145 Å². The lowest BCUT2D eigenvalue weighted by atomic mass is 9.80. The lowest BCUT2D eigenvalue weighted by molar-refractivity contribution is 0.278. The molecule has 0 atom stereocenters. The van der Waals surface area contributed by atoms with Gasteiger partial charge in [0.05, 0.1) is 0 Å². The van der Waals surface area contributed by atoms with Crippen LogP contribution in [0.25, 0.3) is 22.3 Å². The van der Waals surface area contributed by atoms with Gasteiger partial charge in [0.1, 0.15) is 0 Å². The fraction of sp³-hybridized carbons (Fsp3) is 0.564. The molecule has 2 aliphatic carbocycles. The van der Waals surface area contributed by atoms with Crippen molar-refractivity contribution in [2.45, 2.75) is 180 Å². The number of benzene rings is 4. The first-order valence-corrected chi connectivity index (χ1v) is 23.0. The zero-order valence-corrected chi connectivity index (χ0v) is 38.2. The van der Waals surface area contributed by atoms with Crippen molar-refractivity contribution in [3.63, 3.8) is 0 Å². The molecule has 2 saturated carbocycles. The first-order valence-electron chi connectivity index (χ1n) is 23.0. The molecule has 0 heterocycles. The molecule has 0 saturated heterocycles. The quantitative estimate of drug-likeness (QED) is 0.152. The Hall–Kier alpha value is -3.12. The van der Waals surface area contributed by atoms with Crippen LogP contribution in [0.5, 0.6) is 0 Å². The van der Waals surface area contributed by atoms with Crippen LogP contribution >= 0.6 is 0 Å². The van der Waals surface area contributed by atoms with E-state index in [4.69, 9.17) is 0 Å². The van der Waals surface area contributed by atoms with Gasteiger partial charge in [0.15, 0.2) is 0 Å². The minimum absolute atomic E-state index is 0.960. The zero-order valence-electron chi connectivity index (χ0n) is 38.2. The van der Waals surface area contributed by atoms with Crippen molar-refractivity contribution in [1.82, 2.24) is 0 Å². The lowest BCUT2D eigenvalue weighted by Crippen LogP contribution is -2.12. The minimum atomic E-state index is 0.960. The highest BCUT2D eigenvalue weighted by molar-refractivity contribution is 5.67. The van der Waals surface area contributed by atoms with Gasteiger partial charge in [-0.3, -0.25) is 0 Å². The molecule has 0 aliphatic heterocycles. The first-order chi connectivity index (χ1) is 26.7. The van der Waals surface area contributed by atoms with Crippen LogP contribution in [0, 0.1) is 51.4 Å². The molecule has 0 aromatic heterocycles. The van der Waals surface area contributed by atoms with Gasteiger partial charge in [0.25, 0.3) is 0 Å². The molecule has 0 radical (unpaired) electrons. The van der Waals surface area contributed by atoms with E-state index in [1.165, 1.54) is 151 Å². The van der Waals surface area contributed by atoms with Gasteiger partial charge in [-0.2, -0.15) is 0 Å². The summed E-state index contributed by atoms with van der Waals surface area (Å²) in [6, 6.07) is 30.2. The van der Waals surface area contributed by atoms with Crippen LogP contribution in [-0.2, 0) is 19.3 Å². The van der Waals surface area contributed by atoms with Gasteiger partial charge in [-0.15, -0.1) is 0 Å². The van der Waals surface area contributed by atoms with E-state index in [2.05, 4.69) is 127 Å². The highest BCUT2D eigenvalue weighted by Crippen LogP contribution is 2.33. The molecule has 0 unspecified atom stereocenters. The van der Waals surface area contributed by atoms with Crippen LogP contribution in [0.3, 0.4) is 0 Å². The summed E-state index contributed by atoms with van der Waals surface area (Å²) in [5.41, 5.74) is 15.5. The summed E-state index contributed by atoms with van der Waals surface area (Å²) in [5, 5.41) is 0. The maximum absolute atomic E-state index is 2.41. The standard InChI is InChI=1S/C25H34.C24H32.3C2H6/c1-4-5-23-16-17-25(18-20(23)3)24-14-12-22(13-15-24)11-10-21-8-6-19(2)7-9-21;1-17-5-7-21(8-6-17)9-10-22-11-13-23(14-12-22)24-15-18(2)20(4)19(3)16-24;3*1-2/h12-19,21H,4-11H2,1-3H3;11-17,21H,5-10H2,1-4H3;3*1-2H3. The first kappa shape index (κ1) is 48.0. The molecule has 0 N–H and O–H groups in total. The molecule has 0 heteroatoms. The third-order valence-corrected chi connectivity index (χ3v) is 12.3. The molecule has 304 valence electrons. The summed E-state index contributed by atoms with van der Waals surface area (Å²) >= 11 is 0. The van der Waals surface area contributed by atoms with Crippen molar-refractivity contribution in [2.24, 2.45) is 23.7 Å². The van der Waals surface area contributed by atoms with E-state index in [-0.39, 0.29) is 0 Å². The summed E-state index contributed by atoms with van der Waals surface area (Å²) in [6.45, 7) is 27.9. The lowest BCUT2D eigenvalue weighted by Gasteiger charge is -2.26. The highest BCUT2D eigenvalue weighted by Gasteiger charge is 2.19. The van der Waals surface area contributed by atoms with Gasteiger partial charge in [0.2, 0.25) is 0 Å². The maximum atomic E-state index is 2.41. The average molecular weight is 745 g/mol. The van der Waals surface area contributed by atoms with Crippen LogP contribution in [0.2, 0.25) is 0 Å². The van der Waals surface area contributed by atoms with E-state index in [9.17, 15) is 0 Å². The zero-order chi connectivity index (χ0) is 40.8. The van der Waals surface area contributed by atoms with Crippen molar-refractivity contribution >= 4 is 0 Å². The maximum Gasteiger partial charge on any atom is -0.0179 e. The van der Waals surface area contributed by atoms with E-state index in [1.54, 1.807) is 0 Å².